The SMILES string of the molecule is CCCCCCCC(=O)Oc1c(C)c(OC)cc2c1COC(C)C2. The Morgan fingerprint density at radius 3 is 2.75 bits per heavy atom. The van der Waals surface area contributed by atoms with Crippen molar-refractivity contribution < 1.29 is 19.0 Å². The molecule has 1 aliphatic rings. The fraction of sp³-hybridized carbons (Fsp3) is 0.650. The zero-order valence-corrected chi connectivity index (χ0v) is 15.4. The third-order valence-electron chi connectivity index (χ3n) is 4.62. The predicted octanol–water partition coefficient (Wildman–Crippen LogP) is 4.73. The van der Waals surface area contributed by atoms with E-state index in [2.05, 4.69) is 13.8 Å². The van der Waals surface area contributed by atoms with Gasteiger partial charge in [0.05, 0.1) is 19.8 Å². The summed E-state index contributed by atoms with van der Waals surface area (Å²) in [5.74, 6) is 1.24. The second kappa shape index (κ2) is 9.07. The van der Waals surface area contributed by atoms with Crippen molar-refractivity contribution in [3.8, 4) is 11.5 Å². The Kier molecular flexibility index (Phi) is 7.10. The highest BCUT2D eigenvalue weighted by atomic mass is 16.5. The van der Waals surface area contributed by atoms with Gasteiger partial charge < -0.3 is 14.2 Å². The van der Waals surface area contributed by atoms with E-state index in [9.17, 15) is 4.79 Å². The molecule has 0 saturated heterocycles. The molecular formula is C20H30O4. The number of hydrogen-bond donors (Lipinski definition) is 0. The molecule has 1 aliphatic heterocycles. The number of ether oxygens (including phenoxy) is 3. The Hall–Kier alpha value is -1.55. The van der Waals surface area contributed by atoms with E-state index in [0.717, 1.165) is 41.7 Å². The van der Waals surface area contributed by atoms with E-state index in [-0.39, 0.29) is 12.1 Å². The number of fused-ring (bicyclic) bond motifs is 1. The lowest BCUT2D eigenvalue weighted by Gasteiger charge is -2.26. The molecular weight excluding hydrogens is 304 g/mol. The average molecular weight is 334 g/mol. The van der Waals surface area contributed by atoms with E-state index in [4.69, 9.17) is 14.2 Å². The van der Waals surface area contributed by atoms with Crippen molar-refractivity contribution in [3.05, 3.63) is 22.8 Å². The van der Waals surface area contributed by atoms with Crippen molar-refractivity contribution in [2.24, 2.45) is 0 Å². The fourth-order valence-electron chi connectivity index (χ4n) is 3.16. The van der Waals surface area contributed by atoms with Crippen LogP contribution < -0.4 is 9.47 Å². The van der Waals surface area contributed by atoms with Crippen LogP contribution in [0.15, 0.2) is 6.07 Å². The summed E-state index contributed by atoms with van der Waals surface area (Å²) in [7, 11) is 1.65. The van der Waals surface area contributed by atoms with Gasteiger partial charge in [-0.3, -0.25) is 4.79 Å². The molecule has 1 atom stereocenters. The molecule has 0 spiro atoms. The summed E-state index contributed by atoms with van der Waals surface area (Å²) in [6.45, 7) is 6.66. The molecule has 0 aromatic heterocycles. The molecule has 1 unspecified atom stereocenters. The summed E-state index contributed by atoms with van der Waals surface area (Å²) in [4.78, 5) is 12.2. The first kappa shape index (κ1) is 18.8. The Morgan fingerprint density at radius 2 is 2.04 bits per heavy atom. The van der Waals surface area contributed by atoms with E-state index in [0.29, 0.717) is 18.8 Å². The van der Waals surface area contributed by atoms with Crippen molar-refractivity contribution in [2.75, 3.05) is 7.11 Å². The van der Waals surface area contributed by atoms with E-state index in [1.54, 1.807) is 7.11 Å². The summed E-state index contributed by atoms with van der Waals surface area (Å²) in [6.07, 6.45) is 7.04. The zero-order chi connectivity index (χ0) is 17.5. The third-order valence-corrected chi connectivity index (χ3v) is 4.62. The summed E-state index contributed by atoms with van der Waals surface area (Å²) in [6, 6.07) is 2.05. The van der Waals surface area contributed by atoms with Crippen LogP contribution in [-0.4, -0.2) is 19.2 Å². The maximum atomic E-state index is 12.2. The van der Waals surface area contributed by atoms with Crippen LogP contribution in [0.1, 0.15) is 69.1 Å². The highest BCUT2D eigenvalue weighted by Crippen LogP contribution is 2.38. The molecule has 0 radical (unpaired) electrons. The maximum absolute atomic E-state index is 12.2. The highest BCUT2D eigenvalue weighted by Gasteiger charge is 2.24. The molecule has 1 heterocycles. The number of benzene rings is 1. The Bertz CT molecular complexity index is 565. The second-order valence-corrected chi connectivity index (χ2v) is 6.63. The minimum Gasteiger partial charge on any atom is -0.496 e. The topological polar surface area (TPSA) is 44.8 Å². The van der Waals surface area contributed by atoms with Gasteiger partial charge in [-0.2, -0.15) is 0 Å². The van der Waals surface area contributed by atoms with Crippen molar-refractivity contribution in [1.82, 2.24) is 0 Å². The zero-order valence-electron chi connectivity index (χ0n) is 15.4. The molecule has 4 heteroatoms. The molecule has 0 saturated carbocycles. The van der Waals surface area contributed by atoms with Crippen LogP contribution in [0, 0.1) is 6.92 Å². The molecule has 0 aliphatic carbocycles. The van der Waals surface area contributed by atoms with Crippen LogP contribution in [0.2, 0.25) is 0 Å². The quantitative estimate of drug-likeness (QED) is 0.392. The van der Waals surface area contributed by atoms with Gasteiger partial charge in [0.1, 0.15) is 11.5 Å². The summed E-state index contributed by atoms with van der Waals surface area (Å²) >= 11 is 0. The molecule has 2 rings (SSSR count). The number of esters is 1. The van der Waals surface area contributed by atoms with Crippen molar-refractivity contribution in [1.29, 1.82) is 0 Å². The Morgan fingerprint density at radius 1 is 1.29 bits per heavy atom. The van der Waals surface area contributed by atoms with Crippen molar-refractivity contribution in [2.45, 2.75) is 78.4 Å². The largest absolute Gasteiger partial charge is 0.496 e. The third kappa shape index (κ3) is 4.73. The van der Waals surface area contributed by atoms with Gasteiger partial charge in [-0.25, -0.2) is 0 Å². The van der Waals surface area contributed by atoms with Crippen LogP contribution >= 0.6 is 0 Å². The minimum absolute atomic E-state index is 0.163. The van der Waals surface area contributed by atoms with Gasteiger partial charge in [0.25, 0.3) is 0 Å². The second-order valence-electron chi connectivity index (χ2n) is 6.63. The van der Waals surface area contributed by atoms with Gasteiger partial charge in [0.2, 0.25) is 0 Å². The lowest BCUT2D eigenvalue weighted by molar-refractivity contribution is -0.134. The number of carbonyl (C=O) groups is 1. The van der Waals surface area contributed by atoms with E-state index in [1.165, 1.54) is 19.3 Å². The van der Waals surface area contributed by atoms with Gasteiger partial charge >= 0.3 is 5.97 Å². The van der Waals surface area contributed by atoms with Gasteiger partial charge in [-0.05, 0) is 38.3 Å². The predicted molar refractivity (Wildman–Crippen MR) is 94.7 cm³/mol. The first-order valence-corrected chi connectivity index (χ1v) is 9.08. The number of methoxy groups -OCH3 is 1. The fourth-order valence-corrected chi connectivity index (χ4v) is 3.16. The van der Waals surface area contributed by atoms with Gasteiger partial charge in [0.15, 0.2) is 0 Å². The van der Waals surface area contributed by atoms with Gasteiger partial charge in [-0.15, -0.1) is 0 Å². The first-order chi connectivity index (χ1) is 11.6. The van der Waals surface area contributed by atoms with Crippen LogP contribution in [0.3, 0.4) is 0 Å². The molecule has 24 heavy (non-hydrogen) atoms. The molecule has 0 amide bonds. The van der Waals surface area contributed by atoms with Crippen LogP contribution in [0.25, 0.3) is 0 Å². The Balaban J connectivity index is 2.08. The number of hydrogen-bond acceptors (Lipinski definition) is 4. The smallest absolute Gasteiger partial charge is 0.311 e. The molecule has 0 bridgehead atoms. The normalized spacial score (nSPS) is 16.6. The standard InChI is InChI=1S/C20H30O4/c1-5-6-7-8-9-10-19(21)24-20-15(3)18(22-4)12-16-11-14(2)23-13-17(16)20/h12,14H,5-11,13H2,1-4H3. The van der Waals surface area contributed by atoms with Crippen LogP contribution in [0.4, 0.5) is 0 Å². The molecule has 1 aromatic carbocycles. The highest BCUT2D eigenvalue weighted by molar-refractivity contribution is 5.74. The van der Waals surface area contributed by atoms with Crippen LogP contribution in [-0.2, 0) is 22.6 Å². The molecule has 134 valence electrons. The van der Waals surface area contributed by atoms with E-state index in [1.807, 2.05) is 13.0 Å². The first-order valence-electron chi connectivity index (χ1n) is 9.08. The Labute approximate surface area is 145 Å². The minimum atomic E-state index is -0.163. The lowest BCUT2D eigenvalue weighted by Crippen LogP contribution is -2.21. The monoisotopic (exact) mass is 334 g/mol. The summed E-state index contributed by atoms with van der Waals surface area (Å²) < 4.78 is 16.9. The van der Waals surface area contributed by atoms with E-state index >= 15 is 0 Å². The number of carbonyl (C=O) groups excluding carboxylic acids is 1. The molecule has 1 aromatic rings. The average Bonchev–Trinajstić information content (AvgIpc) is 2.56. The summed E-state index contributed by atoms with van der Waals surface area (Å²) in [5.41, 5.74) is 3.02. The molecule has 4 nitrogen and oxygen atoms in total. The maximum Gasteiger partial charge on any atom is 0.311 e. The molecule has 0 fully saturated rings. The van der Waals surface area contributed by atoms with Crippen molar-refractivity contribution >= 4 is 5.97 Å². The number of unbranched alkanes of at least 4 members (excludes halogenated alkanes) is 4. The summed E-state index contributed by atoms with van der Waals surface area (Å²) in [5, 5.41) is 0. The molecule has 0 N–H and O–H groups in total. The van der Waals surface area contributed by atoms with E-state index < -0.39 is 0 Å². The lowest BCUT2D eigenvalue weighted by atomic mass is 9.95. The van der Waals surface area contributed by atoms with Crippen molar-refractivity contribution in [3.63, 3.8) is 0 Å². The van der Waals surface area contributed by atoms with Crippen LogP contribution in [0.5, 0.6) is 11.5 Å². The number of rotatable bonds is 8. The van der Waals surface area contributed by atoms with Gasteiger partial charge in [-0.1, -0.05) is 32.6 Å². The van der Waals surface area contributed by atoms with Gasteiger partial charge in [0, 0.05) is 17.5 Å².